The van der Waals surface area contributed by atoms with E-state index >= 15 is 0 Å². The summed E-state index contributed by atoms with van der Waals surface area (Å²) in [5.41, 5.74) is -0.195. The molecule has 2 aromatic rings. The minimum atomic E-state index is -3.02. The standard InChI is InChI=1S/C19H14F3NO3/c1-2-25-17-10-12(7-8-16(17)26-19(21)22)9-13(11-23)18(24)14-5-3-4-6-15(14)20/h3-10,19H,2H2,1H3. The summed E-state index contributed by atoms with van der Waals surface area (Å²) in [6.45, 7) is -1.16. The van der Waals surface area contributed by atoms with E-state index in [9.17, 15) is 23.2 Å². The molecule has 7 heteroatoms. The van der Waals surface area contributed by atoms with Crippen molar-refractivity contribution < 1.29 is 27.4 Å². The fourth-order valence-electron chi connectivity index (χ4n) is 2.18. The Hall–Kier alpha value is -3.27. The van der Waals surface area contributed by atoms with Crippen molar-refractivity contribution in [1.29, 1.82) is 5.26 Å². The topological polar surface area (TPSA) is 59.3 Å². The highest BCUT2D eigenvalue weighted by atomic mass is 19.3. The van der Waals surface area contributed by atoms with Crippen LogP contribution in [-0.4, -0.2) is 19.0 Å². The Morgan fingerprint density at radius 1 is 1.23 bits per heavy atom. The number of carbonyl (C=O) groups excluding carboxylic acids is 1. The number of Topliss-reactive ketones (excluding diaryl/α,β-unsaturated/α-hetero) is 1. The fourth-order valence-corrected chi connectivity index (χ4v) is 2.18. The van der Waals surface area contributed by atoms with Crippen molar-refractivity contribution >= 4 is 11.9 Å². The average molecular weight is 361 g/mol. The number of nitrogens with zero attached hydrogens (tertiary/aromatic N) is 1. The van der Waals surface area contributed by atoms with Gasteiger partial charge in [0.15, 0.2) is 11.5 Å². The molecule has 0 radical (unpaired) electrons. The minimum absolute atomic E-state index is 0.0391. The van der Waals surface area contributed by atoms with Crippen molar-refractivity contribution in [3.05, 3.63) is 65.0 Å². The van der Waals surface area contributed by atoms with Gasteiger partial charge in [0.2, 0.25) is 5.78 Å². The second kappa shape index (κ2) is 8.72. The average Bonchev–Trinajstić information content (AvgIpc) is 2.61. The van der Waals surface area contributed by atoms with Crippen LogP contribution in [0.5, 0.6) is 11.5 Å². The molecule has 0 fully saturated rings. The van der Waals surface area contributed by atoms with Gasteiger partial charge in [-0.2, -0.15) is 14.0 Å². The molecule has 0 saturated heterocycles. The molecule has 0 amide bonds. The Balaban J connectivity index is 2.39. The quantitative estimate of drug-likeness (QED) is 0.410. The number of rotatable bonds is 7. The van der Waals surface area contributed by atoms with Crippen molar-refractivity contribution in [3.8, 4) is 17.6 Å². The van der Waals surface area contributed by atoms with Crippen LogP contribution in [0, 0.1) is 17.1 Å². The summed E-state index contributed by atoms with van der Waals surface area (Å²) in [4.78, 5) is 12.3. The molecule has 2 aromatic carbocycles. The minimum Gasteiger partial charge on any atom is -0.490 e. The molecule has 0 saturated carbocycles. The highest BCUT2D eigenvalue weighted by molar-refractivity contribution is 6.14. The maximum absolute atomic E-state index is 13.7. The summed E-state index contributed by atoms with van der Waals surface area (Å²) in [5, 5.41) is 9.24. The number of halogens is 3. The van der Waals surface area contributed by atoms with E-state index in [2.05, 4.69) is 4.74 Å². The number of carbonyl (C=O) groups is 1. The highest BCUT2D eigenvalue weighted by Gasteiger charge is 2.17. The smallest absolute Gasteiger partial charge is 0.387 e. The zero-order valence-electron chi connectivity index (χ0n) is 13.7. The molecule has 0 aliphatic heterocycles. The molecule has 0 bridgehead atoms. The number of ketones is 1. The lowest BCUT2D eigenvalue weighted by atomic mass is 10.0. The third-order valence-corrected chi connectivity index (χ3v) is 3.28. The van der Waals surface area contributed by atoms with Crippen LogP contribution in [-0.2, 0) is 0 Å². The Kier molecular flexibility index (Phi) is 6.39. The van der Waals surface area contributed by atoms with Crippen LogP contribution in [0.3, 0.4) is 0 Å². The molecule has 0 atom stereocenters. The van der Waals surface area contributed by atoms with Crippen molar-refractivity contribution in [1.82, 2.24) is 0 Å². The lowest BCUT2D eigenvalue weighted by Crippen LogP contribution is -2.05. The van der Waals surface area contributed by atoms with Crippen LogP contribution in [0.4, 0.5) is 13.2 Å². The van der Waals surface area contributed by atoms with E-state index in [0.29, 0.717) is 5.56 Å². The number of hydrogen-bond donors (Lipinski definition) is 0. The molecule has 0 N–H and O–H groups in total. The van der Waals surface area contributed by atoms with Crippen LogP contribution in [0.25, 0.3) is 6.08 Å². The third-order valence-electron chi connectivity index (χ3n) is 3.28. The van der Waals surface area contributed by atoms with Crippen LogP contribution < -0.4 is 9.47 Å². The normalized spacial score (nSPS) is 11.2. The summed E-state index contributed by atoms with van der Waals surface area (Å²) in [6, 6.07) is 11.0. The predicted molar refractivity (Wildman–Crippen MR) is 88.6 cm³/mol. The van der Waals surface area contributed by atoms with Crippen molar-refractivity contribution in [2.45, 2.75) is 13.5 Å². The van der Waals surface area contributed by atoms with E-state index in [1.54, 1.807) is 13.0 Å². The Morgan fingerprint density at radius 2 is 1.96 bits per heavy atom. The number of hydrogen-bond acceptors (Lipinski definition) is 4. The SMILES string of the molecule is CCOc1cc(C=C(C#N)C(=O)c2ccccc2F)ccc1OC(F)F. The molecule has 0 aliphatic carbocycles. The third kappa shape index (κ3) is 4.63. The first kappa shape index (κ1) is 19.1. The van der Waals surface area contributed by atoms with Crippen LogP contribution in [0.2, 0.25) is 0 Å². The molecule has 0 aromatic heterocycles. The molecular formula is C19H14F3NO3. The number of ether oxygens (including phenoxy) is 2. The van der Waals surface area contributed by atoms with Gasteiger partial charge in [-0.05, 0) is 42.8 Å². The van der Waals surface area contributed by atoms with Crippen molar-refractivity contribution in [2.75, 3.05) is 6.61 Å². The Labute approximate surface area is 148 Å². The van der Waals surface area contributed by atoms with Gasteiger partial charge in [0.1, 0.15) is 17.5 Å². The number of alkyl halides is 2. The Bertz CT molecular complexity index is 873. The first-order chi connectivity index (χ1) is 12.5. The van der Waals surface area contributed by atoms with Gasteiger partial charge in [-0.15, -0.1) is 0 Å². The molecular weight excluding hydrogens is 347 g/mol. The van der Waals surface area contributed by atoms with Gasteiger partial charge in [-0.1, -0.05) is 18.2 Å². The fraction of sp³-hybridized carbons (Fsp3) is 0.158. The zero-order valence-corrected chi connectivity index (χ0v) is 13.7. The van der Waals surface area contributed by atoms with Gasteiger partial charge in [-0.25, -0.2) is 4.39 Å². The van der Waals surface area contributed by atoms with E-state index in [0.717, 1.165) is 6.07 Å². The van der Waals surface area contributed by atoms with Gasteiger partial charge in [0.25, 0.3) is 0 Å². The van der Waals surface area contributed by atoms with E-state index in [4.69, 9.17) is 4.74 Å². The van der Waals surface area contributed by atoms with Crippen molar-refractivity contribution in [2.24, 2.45) is 0 Å². The maximum Gasteiger partial charge on any atom is 0.387 e. The Morgan fingerprint density at radius 3 is 2.58 bits per heavy atom. The molecule has 0 unspecified atom stereocenters. The molecule has 26 heavy (non-hydrogen) atoms. The first-order valence-corrected chi connectivity index (χ1v) is 7.59. The van der Waals surface area contributed by atoms with E-state index in [1.807, 2.05) is 0 Å². The van der Waals surface area contributed by atoms with Crippen LogP contribution in [0.15, 0.2) is 48.0 Å². The summed E-state index contributed by atoms with van der Waals surface area (Å²) >= 11 is 0. The monoisotopic (exact) mass is 361 g/mol. The molecule has 134 valence electrons. The van der Waals surface area contributed by atoms with Gasteiger partial charge in [0, 0.05) is 0 Å². The van der Waals surface area contributed by atoms with E-state index < -0.39 is 18.2 Å². The summed E-state index contributed by atoms with van der Waals surface area (Å²) in [6.07, 6.45) is 1.23. The van der Waals surface area contributed by atoms with Crippen LogP contribution >= 0.6 is 0 Å². The lowest BCUT2D eigenvalue weighted by molar-refractivity contribution is -0.0514. The number of allylic oxidation sites excluding steroid dienone is 1. The van der Waals surface area contributed by atoms with E-state index in [1.165, 1.54) is 42.5 Å². The maximum atomic E-state index is 13.7. The van der Waals surface area contributed by atoms with Gasteiger partial charge in [0.05, 0.1) is 12.2 Å². The second-order valence-electron chi connectivity index (χ2n) is 5.00. The largest absolute Gasteiger partial charge is 0.490 e. The second-order valence-corrected chi connectivity index (χ2v) is 5.00. The summed E-state index contributed by atoms with van der Waals surface area (Å²) in [7, 11) is 0. The molecule has 2 rings (SSSR count). The summed E-state index contributed by atoms with van der Waals surface area (Å²) < 4.78 is 48.2. The molecule has 0 spiro atoms. The highest BCUT2D eigenvalue weighted by Crippen LogP contribution is 2.31. The van der Waals surface area contributed by atoms with Gasteiger partial charge >= 0.3 is 6.61 Å². The van der Waals surface area contributed by atoms with Crippen molar-refractivity contribution in [3.63, 3.8) is 0 Å². The van der Waals surface area contributed by atoms with Gasteiger partial charge < -0.3 is 9.47 Å². The molecule has 0 aliphatic rings. The first-order valence-electron chi connectivity index (χ1n) is 7.59. The molecule has 4 nitrogen and oxygen atoms in total. The predicted octanol–water partition coefficient (Wildman–Crippen LogP) is 4.62. The van der Waals surface area contributed by atoms with Gasteiger partial charge in [-0.3, -0.25) is 4.79 Å². The zero-order chi connectivity index (χ0) is 19.1. The lowest BCUT2D eigenvalue weighted by Gasteiger charge is -2.11. The van der Waals surface area contributed by atoms with Crippen LogP contribution in [0.1, 0.15) is 22.8 Å². The summed E-state index contributed by atoms with van der Waals surface area (Å²) in [5.74, 6) is -1.65. The number of nitriles is 1. The molecule has 0 heterocycles. The number of benzene rings is 2. The van der Waals surface area contributed by atoms with E-state index in [-0.39, 0.29) is 29.2 Å².